The van der Waals surface area contributed by atoms with Crippen LogP contribution < -0.4 is 10.6 Å². The van der Waals surface area contributed by atoms with Gasteiger partial charge >= 0.3 is 0 Å². The third kappa shape index (κ3) is 2.17. The third-order valence-corrected chi connectivity index (χ3v) is 4.41. The minimum atomic E-state index is -0.199. The molecule has 2 rings (SSSR count). The van der Waals surface area contributed by atoms with E-state index in [9.17, 15) is 4.79 Å². The summed E-state index contributed by atoms with van der Waals surface area (Å²) in [6.07, 6.45) is 5.29. The Morgan fingerprint density at radius 3 is 2.72 bits per heavy atom. The lowest BCUT2D eigenvalue weighted by Gasteiger charge is -2.32. The van der Waals surface area contributed by atoms with Crippen molar-refractivity contribution in [2.75, 3.05) is 14.1 Å². The van der Waals surface area contributed by atoms with Crippen LogP contribution in [0.3, 0.4) is 0 Å². The number of fused-ring (bicyclic) bond motifs is 2. The standard InChI is InChI=1S/C14H23N3O/c1-5-12(9(2)15-3)16-14(18)13-10-6-7-11(8-10)17(13)4/h5,10-13,15H,1-2,6-8H2,3-4H3,(H,16,18)/t10-,11+,12-,13-/m0/s1. The number of amides is 1. The van der Waals surface area contributed by atoms with E-state index in [1.807, 2.05) is 0 Å². The summed E-state index contributed by atoms with van der Waals surface area (Å²) < 4.78 is 0. The smallest absolute Gasteiger partial charge is 0.238 e. The number of hydrogen-bond donors (Lipinski definition) is 2. The van der Waals surface area contributed by atoms with Crippen LogP contribution in [-0.4, -0.2) is 43.0 Å². The zero-order valence-electron chi connectivity index (χ0n) is 11.3. The molecule has 0 radical (unpaired) electrons. The fourth-order valence-corrected chi connectivity index (χ4v) is 3.29. The largest absolute Gasteiger partial charge is 0.390 e. The Morgan fingerprint density at radius 1 is 1.50 bits per heavy atom. The van der Waals surface area contributed by atoms with Gasteiger partial charge in [0.25, 0.3) is 0 Å². The molecule has 2 bridgehead atoms. The molecule has 100 valence electrons. The SMILES string of the molecule is C=C[C@H](NC(=O)[C@@H]1[C@H]2CC[C@H](C2)N1C)C(=C)NC. The van der Waals surface area contributed by atoms with E-state index in [1.165, 1.54) is 19.3 Å². The summed E-state index contributed by atoms with van der Waals surface area (Å²) in [5, 5.41) is 5.98. The van der Waals surface area contributed by atoms with E-state index in [1.54, 1.807) is 13.1 Å². The van der Waals surface area contributed by atoms with Gasteiger partial charge in [-0.2, -0.15) is 0 Å². The molecule has 4 nitrogen and oxygen atoms in total. The molecule has 2 aliphatic rings. The van der Waals surface area contributed by atoms with E-state index >= 15 is 0 Å². The second kappa shape index (κ2) is 5.14. The molecular formula is C14H23N3O. The number of hydrogen-bond acceptors (Lipinski definition) is 3. The summed E-state index contributed by atoms with van der Waals surface area (Å²) in [6.45, 7) is 7.63. The highest BCUT2D eigenvalue weighted by molar-refractivity contribution is 5.83. The maximum Gasteiger partial charge on any atom is 0.238 e. The van der Waals surface area contributed by atoms with Gasteiger partial charge in [-0.05, 0) is 32.2 Å². The van der Waals surface area contributed by atoms with E-state index in [4.69, 9.17) is 0 Å². The van der Waals surface area contributed by atoms with E-state index in [0.29, 0.717) is 12.0 Å². The van der Waals surface area contributed by atoms with Crippen molar-refractivity contribution in [3.63, 3.8) is 0 Å². The first-order valence-corrected chi connectivity index (χ1v) is 6.60. The molecular weight excluding hydrogens is 226 g/mol. The lowest BCUT2D eigenvalue weighted by molar-refractivity contribution is -0.127. The van der Waals surface area contributed by atoms with E-state index in [2.05, 4.69) is 35.7 Å². The van der Waals surface area contributed by atoms with Gasteiger partial charge in [-0.25, -0.2) is 0 Å². The number of likely N-dealkylation sites (N-methyl/N-ethyl adjacent to an activating group) is 2. The lowest BCUT2D eigenvalue weighted by Crippen LogP contribution is -2.51. The van der Waals surface area contributed by atoms with Crippen molar-refractivity contribution in [3.8, 4) is 0 Å². The summed E-state index contributed by atoms with van der Waals surface area (Å²) in [4.78, 5) is 14.6. The van der Waals surface area contributed by atoms with Gasteiger partial charge in [-0.3, -0.25) is 9.69 Å². The number of nitrogens with one attached hydrogen (secondary N) is 2. The van der Waals surface area contributed by atoms with Crippen molar-refractivity contribution in [2.24, 2.45) is 5.92 Å². The minimum Gasteiger partial charge on any atom is -0.390 e. The highest BCUT2D eigenvalue weighted by Crippen LogP contribution is 2.41. The van der Waals surface area contributed by atoms with Crippen molar-refractivity contribution in [1.29, 1.82) is 0 Å². The molecule has 0 unspecified atom stereocenters. The van der Waals surface area contributed by atoms with Crippen molar-refractivity contribution in [2.45, 2.75) is 37.4 Å². The summed E-state index contributed by atoms with van der Waals surface area (Å²) >= 11 is 0. The summed E-state index contributed by atoms with van der Waals surface area (Å²) in [6, 6.07) is 0.423. The second-order valence-corrected chi connectivity index (χ2v) is 5.33. The van der Waals surface area contributed by atoms with Crippen molar-refractivity contribution >= 4 is 5.91 Å². The van der Waals surface area contributed by atoms with Crippen molar-refractivity contribution < 1.29 is 4.79 Å². The zero-order chi connectivity index (χ0) is 13.3. The van der Waals surface area contributed by atoms with Gasteiger partial charge in [0.05, 0.1) is 12.1 Å². The normalized spacial score (nSPS) is 32.0. The maximum atomic E-state index is 12.4. The molecule has 0 spiro atoms. The average Bonchev–Trinajstić information content (AvgIpc) is 2.95. The number of likely N-dealkylation sites (tertiary alicyclic amines) is 1. The maximum absolute atomic E-state index is 12.4. The highest BCUT2D eigenvalue weighted by atomic mass is 16.2. The molecule has 2 fully saturated rings. The van der Waals surface area contributed by atoms with Crippen LogP contribution in [0.4, 0.5) is 0 Å². The highest BCUT2D eigenvalue weighted by Gasteiger charge is 2.47. The Labute approximate surface area is 109 Å². The topological polar surface area (TPSA) is 44.4 Å². The van der Waals surface area contributed by atoms with Crippen LogP contribution in [0.25, 0.3) is 0 Å². The van der Waals surface area contributed by atoms with Crippen LogP contribution in [0.1, 0.15) is 19.3 Å². The van der Waals surface area contributed by atoms with E-state index < -0.39 is 0 Å². The molecule has 2 N–H and O–H groups in total. The molecule has 1 saturated heterocycles. The number of piperidine rings is 1. The fourth-order valence-electron chi connectivity index (χ4n) is 3.29. The molecule has 0 aromatic rings. The Bertz CT molecular complexity index is 364. The second-order valence-electron chi connectivity index (χ2n) is 5.33. The van der Waals surface area contributed by atoms with Crippen LogP contribution in [0.15, 0.2) is 24.9 Å². The molecule has 1 amide bonds. The Kier molecular flexibility index (Phi) is 3.76. The first-order chi connectivity index (χ1) is 8.58. The van der Waals surface area contributed by atoms with Gasteiger partial charge in [0, 0.05) is 18.8 Å². The first kappa shape index (κ1) is 13.1. The first-order valence-electron chi connectivity index (χ1n) is 6.60. The fraction of sp³-hybridized carbons (Fsp3) is 0.643. The summed E-state index contributed by atoms with van der Waals surface area (Å²) in [7, 11) is 3.86. The van der Waals surface area contributed by atoms with Crippen LogP contribution in [-0.2, 0) is 4.79 Å². The van der Waals surface area contributed by atoms with Crippen LogP contribution in [0.2, 0.25) is 0 Å². The van der Waals surface area contributed by atoms with Crippen molar-refractivity contribution in [1.82, 2.24) is 15.5 Å². The van der Waals surface area contributed by atoms with E-state index in [0.717, 1.165) is 5.70 Å². The average molecular weight is 249 g/mol. The van der Waals surface area contributed by atoms with Gasteiger partial charge in [-0.1, -0.05) is 12.7 Å². The predicted molar refractivity (Wildman–Crippen MR) is 73.0 cm³/mol. The van der Waals surface area contributed by atoms with Gasteiger partial charge in [-0.15, -0.1) is 6.58 Å². The molecule has 1 aliphatic carbocycles. The lowest BCUT2D eigenvalue weighted by atomic mass is 9.98. The number of nitrogens with zero attached hydrogens (tertiary/aromatic N) is 1. The summed E-state index contributed by atoms with van der Waals surface area (Å²) in [5.41, 5.74) is 0.768. The van der Waals surface area contributed by atoms with Crippen molar-refractivity contribution in [3.05, 3.63) is 24.9 Å². The summed E-state index contributed by atoms with van der Waals surface area (Å²) in [5.74, 6) is 0.624. The Hall–Kier alpha value is -1.29. The molecule has 0 aromatic heterocycles. The number of carbonyl (C=O) groups excluding carboxylic acids is 1. The molecule has 18 heavy (non-hydrogen) atoms. The molecule has 1 aliphatic heterocycles. The quantitative estimate of drug-likeness (QED) is 0.711. The van der Waals surface area contributed by atoms with Crippen LogP contribution in [0.5, 0.6) is 0 Å². The monoisotopic (exact) mass is 249 g/mol. The number of carbonyl (C=O) groups is 1. The number of rotatable bonds is 5. The predicted octanol–water partition coefficient (Wildman–Crippen LogP) is 0.873. The zero-order valence-corrected chi connectivity index (χ0v) is 11.3. The molecule has 1 heterocycles. The third-order valence-electron chi connectivity index (χ3n) is 4.41. The van der Waals surface area contributed by atoms with Crippen LogP contribution in [0, 0.1) is 5.92 Å². The molecule has 1 saturated carbocycles. The van der Waals surface area contributed by atoms with Gasteiger partial charge in [0.1, 0.15) is 0 Å². The molecule has 0 aromatic carbocycles. The minimum absolute atomic E-state index is 0.0239. The molecule has 4 atom stereocenters. The Balaban J connectivity index is 1.99. The van der Waals surface area contributed by atoms with Gasteiger partial charge in [0.15, 0.2) is 0 Å². The van der Waals surface area contributed by atoms with Gasteiger partial charge in [0.2, 0.25) is 5.91 Å². The molecule has 4 heteroatoms. The van der Waals surface area contributed by atoms with E-state index in [-0.39, 0.29) is 18.0 Å². The van der Waals surface area contributed by atoms with Crippen LogP contribution >= 0.6 is 0 Å². The van der Waals surface area contributed by atoms with Gasteiger partial charge < -0.3 is 10.6 Å². The Morgan fingerprint density at radius 2 is 2.22 bits per heavy atom.